The number of carboxylic acids is 1. The maximum absolute atomic E-state index is 10.9. The van der Waals surface area contributed by atoms with Crippen molar-refractivity contribution in [2.75, 3.05) is 18.5 Å². The third-order valence-corrected chi connectivity index (χ3v) is 3.34. The first kappa shape index (κ1) is 15.2. The summed E-state index contributed by atoms with van der Waals surface area (Å²) in [4.78, 5) is 24.9. The van der Waals surface area contributed by atoms with Crippen LogP contribution in [0.3, 0.4) is 0 Å². The first-order chi connectivity index (χ1) is 10.1. The van der Waals surface area contributed by atoms with Gasteiger partial charge in [0.25, 0.3) is 0 Å². The van der Waals surface area contributed by atoms with Crippen LogP contribution in [-0.2, 0) is 4.74 Å². The van der Waals surface area contributed by atoms with Crippen LogP contribution in [0, 0.1) is 10.1 Å². The minimum absolute atomic E-state index is 0.0464. The van der Waals surface area contributed by atoms with Crippen molar-refractivity contribution in [1.29, 1.82) is 0 Å². The number of anilines is 1. The largest absolute Gasteiger partial charge is 0.477 e. The standard InChI is InChI=1S/C13H17N3O5/c17-13(18)10-5-6-11(16(19)20)12(15-10)14-7-8-21-9-3-1-2-4-9/h5-6,9H,1-4,7-8H2,(H,14,15)(H,17,18). The van der Waals surface area contributed by atoms with Crippen molar-refractivity contribution in [3.8, 4) is 0 Å². The molecule has 8 heteroatoms. The van der Waals surface area contributed by atoms with Crippen molar-refractivity contribution in [3.05, 3.63) is 27.9 Å². The summed E-state index contributed by atoms with van der Waals surface area (Å²) in [5.41, 5.74) is -0.485. The van der Waals surface area contributed by atoms with Crippen LogP contribution >= 0.6 is 0 Å². The normalized spacial score (nSPS) is 15.0. The van der Waals surface area contributed by atoms with E-state index >= 15 is 0 Å². The molecule has 2 rings (SSSR count). The van der Waals surface area contributed by atoms with Crippen molar-refractivity contribution in [3.63, 3.8) is 0 Å². The number of nitrogens with one attached hydrogen (secondary N) is 1. The molecular weight excluding hydrogens is 278 g/mol. The molecule has 1 aliphatic carbocycles. The molecule has 0 saturated heterocycles. The number of nitro groups is 1. The fourth-order valence-electron chi connectivity index (χ4n) is 2.30. The third-order valence-electron chi connectivity index (χ3n) is 3.34. The number of hydrogen-bond donors (Lipinski definition) is 2. The highest BCUT2D eigenvalue weighted by atomic mass is 16.6. The lowest BCUT2D eigenvalue weighted by Gasteiger charge is -2.12. The molecule has 1 aromatic heterocycles. The summed E-state index contributed by atoms with van der Waals surface area (Å²) in [6.45, 7) is 0.744. The molecule has 1 saturated carbocycles. The molecule has 0 spiro atoms. The smallest absolute Gasteiger partial charge is 0.354 e. The molecule has 1 aliphatic rings. The van der Waals surface area contributed by atoms with Gasteiger partial charge in [-0.05, 0) is 18.9 Å². The van der Waals surface area contributed by atoms with Gasteiger partial charge in [0.1, 0.15) is 0 Å². The van der Waals surface area contributed by atoms with Crippen molar-refractivity contribution in [1.82, 2.24) is 4.98 Å². The van der Waals surface area contributed by atoms with Crippen LogP contribution in [0.25, 0.3) is 0 Å². The Balaban J connectivity index is 1.94. The molecule has 0 atom stereocenters. The Hall–Kier alpha value is -2.22. The molecule has 1 aromatic rings. The van der Waals surface area contributed by atoms with Crippen LogP contribution in [0.4, 0.5) is 11.5 Å². The predicted octanol–water partition coefficient (Wildman–Crippen LogP) is 2.06. The Kier molecular flexibility index (Phi) is 5.04. The average molecular weight is 295 g/mol. The summed E-state index contributed by atoms with van der Waals surface area (Å²) in [6, 6.07) is 2.25. The summed E-state index contributed by atoms with van der Waals surface area (Å²) in [6.07, 6.45) is 4.71. The third kappa shape index (κ3) is 4.12. The summed E-state index contributed by atoms with van der Waals surface area (Å²) in [5.74, 6) is -1.27. The van der Waals surface area contributed by atoms with Crippen LogP contribution in [0.2, 0.25) is 0 Å². The van der Waals surface area contributed by atoms with Gasteiger partial charge in [-0.25, -0.2) is 9.78 Å². The molecule has 21 heavy (non-hydrogen) atoms. The zero-order valence-corrected chi connectivity index (χ0v) is 11.4. The first-order valence-electron chi connectivity index (χ1n) is 6.82. The van der Waals surface area contributed by atoms with Gasteiger partial charge in [0.05, 0.1) is 17.6 Å². The summed E-state index contributed by atoms with van der Waals surface area (Å²) >= 11 is 0. The minimum atomic E-state index is -1.23. The lowest BCUT2D eigenvalue weighted by Crippen LogP contribution is -2.17. The highest BCUT2D eigenvalue weighted by molar-refractivity contribution is 5.86. The van der Waals surface area contributed by atoms with Gasteiger partial charge in [-0.1, -0.05) is 12.8 Å². The zero-order chi connectivity index (χ0) is 15.2. The number of hydrogen-bond acceptors (Lipinski definition) is 6. The average Bonchev–Trinajstić information content (AvgIpc) is 2.96. The Morgan fingerprint density at radius 2 is 2.19 bits per heavy atom. The molecule has 0 amide bonds. The Labute approximate surface area is 121 Å². The highest BCUT2D eigenvalue weighted by Gasteiger charge is 2.19. The molecule has 0 bridgehead atoms. The molecule has 1 heterocycles. The first-order valence-corrected chi connectivity index (χ1v) is 6.82. The van der Waals surface area contributed by atoms with Crippen molar-refractivity contribution in [2.45, 2.75) is 31.8 Å². The van der Waals surface area contributed by atoms with E-state index in [0.29, 0.717) is 13.2 Å². The van der Waals surface area contributed by atoms with Gasteiger partial charge >= 0.3 is 11.7 Å². The van der Waals surface area contributed by atoms with Crippen LogP contribution in [0.1, 0.15) is 36.2 Å². The number of pyridine rings is 1. The maximum atomic E-state index is 10.9. The summed E-state index contributed by atoms with van der Waals surface area (Å²) in [7, 11) is 0. The predicted molar refractivity (Wildman–Crippen MR) is 74.5 cm³/mol. The molecule has 114 valence electrons. The van der Waals surface area contributed by atoms with E-state index in [1.807, 2.05) is 0 Å². The van der Waals surface area contributed by atoms with Gasteiger partial charge in [-0.3, -0.25) is 10.1 Å². The summed E-state index contributed by atoms with van der Waals surface area (Å²) in [5, 5.41) is 22.5. The van der Waals surface area contributed by atoms with E-state index in [-0.39, 0.29) is 23.3 Å². The number of carboxylic acid groups (broad SMARTS) is 1. The number of nitrogens with zero attached hydrogens (tertiary/aromatic N) is 2. The SMILES string of the molecule is O=C(O)c1ccc([N+](=O)[O-])c(NCCOC2CCCC2)n1. The minimum Gasteiger partial charge on any atom is -0.477 e. The monoisotopic (exact) mass is 295 g/mol. The zero-order valence-electron chi connectivity index (χ0n) is 11.4. The Morgan fingerprint density at radius 1 is 1.48 bits per heavy atom. The molecule has 8 nitrogen and oxygen atoms in total. The molecular formula is C13H17N3O5. The van der Waals surface area contributed by atoms with E-state index in [2.05, 4.69) is 10.3 Å². The van der Waals surface area contributed by atoms with E-state index in [0.717, 1.165) is 25.0 Å². The van der Waals surface area contributed by atoms with E-state index in [9.17, 15) is 14.9 Å². The summed E-state index contributed by atoms with van der Waals surface area (Å²) < 4.78 is 5.63. The lowest BCUT2D eigenvalue weighted by atomic mass is 10.3. The number of ether oxygens (including phenoxy) is 1. The van der Waals surface area contributed by atoms with E-state index < -0.39 is 10.9 Å². The molecule has 2 N–H and O–H groups in total. The second kappa shape index (κ2) is 6.98. The van der Waals surface area contributed by atoms with Gasteiger partial charge in [0.2, 0.25) is 5.82 Å². The van der Waals surface area contributed by atoms with E-state index in [4.69, 9.17) is 9.84 Å². The Bertz CT molecular complexity index is 529. The fraction of sp³-hybridized carbons (Fsp3) is 0.538. The number of aromatic carboxylic acids is 1. The number of rotatable bonds is 7. The van der Waals surface area contributed by atoms with Gasteiger partial charge in [-0.15, -0.1) is 0 Å². The second-order valence-electron chi connectivity index (χ2n) is 4.83. The van der Waals surface area contributed by atoms with Gasteiger partial charge < -0.3 is 15.2 Å². The number of carbonyl (C=O) groups is 1. The van der Waals surface area contributed by atoms with E-state index in [1.165, 1.54) is 12.8 Å². The van der Waals surface area contributed by atoms with Gasteiger partial charge in [0.15, 0.2) is 5.69 Å². The van der Waals surface area contributed by atoms with Gasteiger partial charge in [-0.2, -0.15) is 0 Å². The van der Waals surface area contributed by atoms with E-state index in [1.54, 1.807) is 0 Å². The molecule has 0 radical (unpaired) electrons. The second-order valence-corrected chi connectivity index (χ2v) is 4.83. The Morgan fingerprint density at radius 3 is 2.81 bits per heavy atom. The maximum Gasteiger partial charge on any atom is 0.354 e. The molecule has 0 aromatic carbocycles. The van der Waals surface area contributed by atoms with Crippen LogP contribution in [0.5, 0.6) is 0 Å². The van der Waals surface area contributed by atoms with Crippen LogP contribution < -0.4 is 5.32 Å². The molecule has 0 unspecified atom stereocenters. The lowest BCUT2D eigenvalue weighted by molar-refractivity contribution is -0.384. The highest BCUT2D eigenvalue weighted by Crippen LogP contribution is 2.23. The quantitative estimate of drug-likeness (QED) is 0.449. The molecule has 1 fully saturated rings. The fourth-order valence-corrected chi connectivity index (χ4v) is 2.30. The van der Waals surface area contributed by atoms with Crippen molar-refractivity contribution < 1.29 is 19.6 Å². The van der Waals surface area contributed by atoms with Crippen LogP contribution in [0.15, 0.2) is 12.1 Å². The van der Waals surface area contributed by atoms with Crippen molar-refractivity contribution >= 4 is 17.5 Å². The molecule has 0 aliphatic heterocycles. The van der Waals surface area contributed by atoms with Crippen LogP contribution in [-0.4, -0.2) is 40.2 Å². The topological polar surface area (TPSA) is 115 Å². The van der Waals surface area contributed by atoms with Crippen molar-refractivity contribution in [2.24, 2.45) is 0 Å². The van der Waals surface area contributed by atoms with Gasteiger partial charge in [0, 0.05) is 12.6 Å². The number of aromatic nitrogens is 1.